The molecule has 1 aliphatic rings. The molecule has 1 unspecified atom stereocenters. The van der Waals surface area contributed by atoms with Gasteiger partial charge in [0.25, 0.3) is 0 Å². The molecule has 0 aromatic heterocycles. The Labute approximate surface area is 164 Å². The van der Waals surface area contributed by atoms with Crippen LogP contribution in [0.4, 0.5) is 0 Å². The van der Waals surface area contributed by atoms with Crippen molar-refractivity contribution in [2.45, 2.75) is 40.2 Å². The van der Waals surface area contributed by atoms with Crippen LogP contribution in [0.2, 0.25) is 0 Å². The Morgan fingerprint density at radius 1 is 0.889 bits per heavy atom. The summed E-state index contributed by atoms with van der Waals surface area (Å²) in [7, 11) is 0. The number of hydrogen-bond acceptors (Lipinski definition) is 2. The smallest absolute Gasteiger partial charge is 0.223 e. The lowest BCUT2D eigenvalue weighted by atomic mass is 9.91. The summed E-state index contributed by atoms with van der Waals surface area (Å²) < 4.78 is 0. The Hall–Kier alpha value is -2.13. The number of carbonyl (C=O) groups is 1. The molecule has 0 aliphatic carbocycles. The first-order valence-electron chi connectivity index (χ1n) is 9.97. The molecule has 0 radical (unpaired) electrons. The van der Waals surface area contributed by atoms with E-state index in [1.807, 2.05) is 4.90 Å². The lowest BCUT2D eigenvalue weighted by Gasteiger charge is -2.40. The summed E-state index contributed by atoms with van der Waals surface area (Å²) in [5, 5.41) is 0. The van der Waals surface area contributed by atoms with Gasteiger partial charge in [-0.05, 0) is 23.5 Å². The first kappa shape index (κ1) is 19.6. The van der Waals surface area contributed by atoms with Crippen LogP contribution in [0.5, 0.6) is 0 Å². The summed E-state index contributed by atoms with van der Waals surface area (Å²) in [4.78, 5) is 17.1. The summed E-state index contributed by atoms with van der Waals surface area (Å²) in [5.41, 5.74) is 3.96. The van der Waals surface area contributed by atoms with Crippen LogP contribution in [-0.2, 0) is 4.79 Å². The maximum atomic E-state index is 12.6. The number of piperazine rings is 1. The SMILES string of the molecule is Cc1ccc(C(c2ccccc2)N2CCN(C(=O)CC(C)(C)C)CC2)cc1. The fraction of sp³-hybridized carbons (Fsp3) is 0.458. The molecule has 27 heavy (non-hydrogen) atoms. The predicted octanol–water partition coefficient (Wildman–Crippen LogP) is 4.66. The van der Waals surface area contributed by atoms with Crippen molar-refractivity contribution in [2.75, 3.05) is 26.2 Å². The first-order chi connectivity index (χ1) is 12.8. The Bertz CT molecular complexity index is 738. The summed E-state index contributed by atoms with van der Waals surface area (Å²) in [6.07, 6.45) is 0.618. The van der Waals surface area contributed by atoms with Crippen LogP contribution in [-0.4, -0.2) is 41.9 Å². The van der Waals surface area contributed by atoms with Crippen molar-refractivity contribution in [1.82, 2.24) is 9.80 Å². The number of aryl methyl sites for hydroxylation is 1. The molecular weight excluding hydrogens is 332 g/mol. The van der Waals surface area contributed by atoms with E-state index in [9.17, 15) is 4.79 Å². The average Bonchev–Trinajstić information content (AvgIpc) is 2.64. The van der Waals surface area contributed by atoms with Gasteiger partial charge >= 0.3 is 0 Å². The van der Waals surface area contributed by atoms with Crippen LogP contribution in [0.1, 0.15) is 49.9 Å². The van der Waals surface area contributed by atoms with E-state index >= 15 is 0 Å². The highest BCUT2D eigenvalue weighted by Gasteiger charge is 2.29. The number of hydrogen-bond donors (Lipinski definition) is 0. The van der Waals surface area contributed by atoms with Gasteiger partial charge in [0.15, 0.2) is 0 Å². The minimum Gasteiger partial charge on any atom is -0.340 e. The van der Waals surface area contributed by atoms with Crippen molar-refractivity contribution >= 4 is 5.91 Å². The molecular formula is C24H32N2O. The standard InChI is InChI=1S/C24H32N2O/c1-19-10-12-21(13-11-19)23(20-8-6-5-7-9-20)26-16-14-25(15-17-26)22(27)18-24(2,3)4/h5-13,23H,14-18H2,1-4H3. The Kier molecular flexibility index (Phi) is 6.01. The number of nitrogens with zero attached hydrogens (tertiary/aromatic N) is 2. The second-order valence-corrected chi connectivity index (χ2v) is 8.88. The van der Waals surface area contributed by atoms with E-state index in [1.54, 1.807) is 0 Å². The number of benzene rings is 2. The van der Waals surface area contributed by atoms with Gasteiger partial charge < -0.3 is 4.90 Å². The van der Waals surface area contributed by atoms with Crippen molar-refractivity contribution in [1.29, 1.82) is 0 Å². The van der Waals surface area contributed by atoms with Gasteiger partial charge in [0.1, 0.15) is 0 Å². The highest BCUT2D eigenvalue weighted by atomic mass is 16.2. The molecule has 1 aliphatic heterocycles. The molecule has 1 atom stereocenters. The largest absolute Gasteiger partial charge is 0.340 e. The summed E-state index contributed by atoms with van der Waals surface area (Å²) >= 11 is 0. The van der Waals surface area contributed by atoms with Gasteiger partial charge in [0, 0.05) is 32.6 Å². The van der Waals surface area contributed by atoms with Crippen molar-refractivity contribution in [3.63, 3.8) is 0 Å². The van der Waals surface area contributed by atoms with Crippen LogP contribution >= 0.6 is 0 Å². The number of carbonyl (C=O) groups excluding carboxylic acids is 1. The van der Waals surface area contributed by atoms with Crippen LogP contribution < -0.4 is 0 Å². The van der Waals surface area contributed by atoms with Crippen LogP contribution in [0.25, 0.3) is 0 Å². The highest BCUT2D eigenvalue weighted by molar-refractivity contribution is 5.76. The van der Waals surface area contributed by atoms with Gasteiger partial charge in [-0.1, -0.05) is 80.9 Å². The monoisotopic (exact) mass is 364 g/mol. The summed E-state index contributed by atoms with van der Waals surface area (Å²) in [5.74, 6) is 0.286. The third kappa shape index (κ3) is 5.20. The molecule has 2 aromatic carbocycles. The quantitative estimate of drug-likeness (QED) is 0.787. The second kappa shape index (κ2) is 8.26. The molecule has 3 rings (SSSR count). The minimum atomic E-state index is 0.0443. The maximum Gasteiger partial charge on any atom is 0.223 e. The van der Waals surface area contributed by atoms with E-state index < -0.39 is 0 Å². The Morgan fingerprint density at radius 2 is 1.44 bits per heavy atom. The lowest BCUT2D eigenvalue weighted by Crippen LogP contribution is -2.50. The van der Waals surface area contributed by atoms with Crippen LogP contribution in [0, 0.1) is 12.3 Å². The lowest BCUT2D eigenvalue weighted by molar-refractivity contribution is -0.135. The predicted molar refractivity (Wildman–Crippen MR) is 112 cm³/mol. The molecule has 3 heteroatoms. The molecule has 1 saturated heterocycles. The molecule has 1 amide bonds. The zero-order valence-corrected chi connectivity index (χ0v) is 17.1. The van der Waals surface area contributed by atoms with Crippen LogP contribution in [0.15, 0.2) is 54.6 Å². The molecule has 0 spiro atoms. The van der Waals surface area contributed by atoms with Crippen LogP contribution in [0.3, 0.4) is 0 Å². The van der Waals surface area contributed by atoms with Crippen molar-refractivity contribution in [3.8, 4) is 0 Å². The topological polar surface area (TPSA) is 23.6 Å². The molecule has 1 heterocycles. The molecule has 3 nitrogen and oxygen atoms in total. The van der Waals surface area contributed by atoms with E-state index in [2.05, 4.69) is 87.2 Å². The van der Waals surface area contributed by atoms with E-state index in [4.69, 9.17) is 0 Å². The molecule has 1 fully saturated rings. The van der Waals surface area contributed by atoms with E-state index in [-0.39, 0.29) is 17.4 Å². The van der Waals surface area contributed by atoms with Gasteiger partial charge in [0.2, 0.25) is 5.91 Å². The molecule has 144 valence electrons. The number of amides is 1. The first-order valence-corrected chi connectivity index (χ1v) is 9.97. The Morgan fingerprint density at radius 3 is 2.00 bits per heavy atom. The average molecular weight is 365 g/mol. The molecule has 0 bridgehead atoms. The molecule has 0 N–H and O–H groups in total. The molecule has 0 saturated carbocycles. The van der Waals surface area contributed by atoms with E-state index in [0.29, 0.717) is 6.42 Å². The van der Waals surface area contributed by atoms with Gasteiger partial charge in [-0.25, -0.2) is 0 Å². The van der Waals surface area contributed by atoms with Gasteiger partial charge in [-0.15, -0.1) is 0 Å². The Balaban J connectivity index is 1.75. The number of rotatable bonds is 4. The van der Waals surface area contributed by atoms with Gasteiger partial charge in [-0.3, -0.25) is 9.69 Å². The van der Waals surface area contributed by atoms with Crippen molar-refractivity contribution in [2.24, 2.45) is 5.41 Å². The van der Waals surface area contributed by atoms with Gasteiger partial charge in [-0.2, -0.15) is 0 Å². The van der Waals surface area contributed by atoms with E-state index in [0.717, 1.165) is 26.2 Å². The third-order valence-corrected chi connectivity index (χ3v) is 5.22. The van der Waals surface area contributed by atoms with Gasteiger partial charge in [0.05, 0.1) is 6.04 Å². The summed E-state index contributed by atoms with van der Waals surface area (Å²) in [6, 6.07) is 19.8. The second-order valence-electron chi connectivity index (χ2n) is 8.88. The molecule has 2 aromatic rings. The minimum absolute atomic E-state index is 0.0443. The summed E-state index contributed by atoms with van der Waals surface area (Å²) in [6.45, 7) is 11.9. The van der Waals surface area contributed by atoms with Crippen molar-refractivity contribution < 1.29 is 4.79 Å². The maximum absolute atomic E-state index is 12.6. The third-order valence-electron chi connectivity index (χ3n) is 5.22. The highest BCUT2D eigenvalue weighted by Crippen LogP contribution is 2.30. The fourth-order valence-corrected chi connectivity index (χ4v) is 3.79. The fourth-order valence-electron chi connectivity index (χ4n) is 3.79. The zero-order valence-electron chi connectivity index (χ0n) is 17.1. The normalized spacial score (nSPS) is 17.0. The zero-order chi connectivity index (χ0) is 19.4. The van der Waals surface area contributed by atoms with Crippen molar-refractivity contribution in [3.05, 3.63) is 71.3 Å². The van der Waals surface area contributed by atoms with E-state index in [1.165, 1.54) is 16.7 Å².